The molecule has 0 radical (unpaired) electrons. The van der Waals surface area contributed by atoms with Crippen molar-refractivity contribution in [3.8, 4) is 0 Å². The Kier molecular flexibility index (Phi) is 4.81. The Morgan fingerprint density at radius 3 is 2.56 bits per heavy atom. The van der Waals surface area contributed by atoms with Gasteiger partial charge in [-0.3, -0.25) is 0 Å². The van der Waals surface area contributed by atoms with E-state index >= 15 is 0 Å². The van der Waals surface area contributed by atoms with Crippen LogP contribution in [-0.2, 0) is 9.84 Å². The summed E-state index contributed by atoms with van der Waals surface area (Å²) in [6.07, 6.45) is 3.05. The van der Waals surface area contributed by atoms with E-state index in [2.05, 4.69) is 5.32 Å². The first-order valence-electron chi connectivity index (χ1n) is 8.29. The van der Waals surface area contributed by atoms with Crippen molar-refractivity contribution in [1.82, 2.24) is 4.90 Å². The lowest BCUT2D eigenvalue weighted by molar-refractivity contribution is 0.207. The molecule has 0 spiro atoms. The monoisotopic (exact) mass is 358 g/mol. The predicted molar refractivity (Wildman–Crippen MR) is 98.4 cm³/mol. The van der Waals surface area contributed by atoms with Gasteiger partial charge >= 0.3 is 6.03 Å². The third-order valence-corrected chi connectivity index (χ3v) is 5.69. The highest BCUT2D eigenvalue weighted by Gasteiger charge is 2.30. The molecule has 0 aromatic heterocycles. The number of likely N-dealkylation sites (tertiary alicyclic amines) is 1. The third kappa shape index (κ3) is 3.85. The Labute approximate surface area is 148 Å². The van der Waals surface area contributed by atoms with Crippen LogP contribution in [0.2, 0.25) is 0 Å². The first-order chi connectivity index (χ1) is 11.9. The molecule has 2 amide bonds. The molecule has 3 rings (SSSR count). The molecular weight excluding hydrogens is 336 g/mol. The summed E-state index contributed by atoms with van der Waals surface area (Å²) in [5.41, 5.74) is 2.49. The predicted octanol–water partition coefficient (Wildman–Crippen LogP) is 3.77. The van der Waals surface area contributed by atoms with Crippen LogP contribution in [0.15, 0.2) is 53.4 Å². The molecule has 132 valence electrons. The summed E-state index contributed by atoms with van der Waals surface area (Å²) in [5, 5.41) is 2.89. The van der Waals surface area contributed by atoms with Crippen LogP contribution in [0.1, 0.15) is 30.0 Å². The number of rotatable bonds is 3. The number of nitrogens with one attached hydrogen (secondary N) is 1. The lowest BCUT2D eigenvalue weighted by atomic mass is 10.1. The minimum absolute atomic E-state index is 0.0552. The van der Waals surface area contributed by atoms with Gasteiger partial charge in [-0.15, -0.1) is 0 Å². The van der Waals surface area contributed by atoms with E-state index in [0.29, 0.717) is 12.2 Å². The van der Waals surface area contributed by atoms with Crippen LogP contribution in [0.5, 0.6) is 0 Å². The third-order valence-electron chi connectivity index (χ3n) is 4.58. The van der Waals surface area contributed by atoms with Crippen LogP contribution in [0.3, 0.4) is 0 Å². The Morgan fingerprint density at radius 1 is 1.16 bits per heavy atom. The topological polar surface area (TPSA) is 66.5 Å². The number of nitrogens with zero attached hydrogens (tertiary/aromatic N) is 1. The molecule has 0 saturated carbocycles. The maximum atomic E-state index is 12.8. The number of hydrogen-bond donors (Lipinski definition) is 1. The zero-order valence-corrected chi connectivity index (χ0v) is 15.2. The summed E-state index contributed by atoms with van der Waals surface area (Å²) in [4.78, 5) is 14.8. The number of sulfone groups is 1. The molecule has 0 unspecified atom stereocenters. The zero-order valence-electron chi connectivity index (χ0n) is 14.4. The van der Waals surface area contributed by atoms with E-state index in [4.69, 9.17) is 0 Å². The fourth-order valence-electron chi connectivity index (χ4n) is 3.18. The molecule has 1 heterocycles. The minimum Gasteiger partial charge on any atom is -0.317 e. The van der Waals surface area contributed by atoms with Crippen LogP contribution in [0.4, 0.5) is 10.5 Å². The molecule has 1 atom stereocenters. The second-order valence-corrected chi connectivity index (χ2v) is 8.46. The molecule has 0 bridgehead atoms. The quantitative estimate of drug-likeness (QED) is 0.908. The second-order valence-electron chi connectivity index (χ2n) is 6.44. The van der Waals surface area contributed by atoms with Gasteiger partial charge in [0, 0.05) is 18.5 Å². The molecule has 1 aliphatic rings. The standard InChI is InChI=1S/C19H22N2O3S/c1-14-10-11-16(25(2,23)24)13-17(14)20-19(22)21-12-6-9-18(21)15-7-4-3-5-8-15/h3-5,7-8,10-11,13,18H,6,9,12H2,1-2H3,(H,20,22)/t18-/m1/s1. The van der Waals surface area contributed by atoms with Crippen molar-refractivity contribution >= 4 is 21.6 Å². The summed E-state index contributed by atoms with van der Waals surface area (Å²) in [6.45, 7) is 2.54. The molecule has 25 heavy (non-hydrogen) atoms. The van der Waals surface area contributed by atoms with Crippen molar-refractivity contribution in [3.63, 3.8) is 0 Å². The van der Waals surface area contributed by atoms with Crippen LogP contribution in [-0.4, -0.2) is 32.1 Å². The lowest BCUT2D eigenvalue weighted by Gasteiger charge is -2.26. The van der Waals surface area contributed by atoms with E-state index < -0.39 is 9.84 Å². The maximum Gasteiger partial charge on any atom is 0.322 e. The fourth-order valence-corrected chi connectivity index (χ4v) is 3.83. The van der Waals surface area contributed by atoms with Crippen LogP contribution in [0, 0.1) is 6.92 Å². The molecule has 1 N–H and O–H groups in total. The number of benzene rings is 2. The molecule has 0 aliphatic carbocycles. The minimum atomic E-state index is -3.32. The molecule has 5 nitrogen and oxygen atoms in total. The smallest absolute Gasteiger partial charge is 0.317 e. The maximum absolute atomic E-state index is 12.8. The van der Waals surface area contributed by atoms with Gasteiger partial charge in [0.25, 0.3) is 0 Å². The van der Waals surface area contributed by atoms with Crippen molar-refractivity contribution in [2.75, 3.05) is 18.1 Å². The average Bonchev–Trinajstić information content (AvgIpc) is 3.06. The average molecular weight is 358 g/mol. The van der Waals surface area contributed by atoms with Crippen LogP contribution >= 0.6 is 0 Å². The first kappa shape index (κ1) is 17.5. The van der Waals surface area contributed by atoms with Gasteiger partial charge in [-0.05, 0) is 43.0 Å². The highest BCUT2D eigenvalue weighted by molar-refractivity contribution is 7.90. The highest BCUT2D eigenvalue weighted by atomic mass is 32.2. The molecule has 6 heteroatoms. The van der Waals surface area contributed by atoms with Gasteiger partial charge in [-0.2, -0.15) is 0 Å². The number of carbonyl (C=O) groups is 1. The number of anilines is 1. The second kappa shape index (κ2) is 6.88. The normalized spacial score (nSPS) is 17.5. The van der Waals surface area contributed by atoms with Crippen molar-refractivity contribution in [3.05, 3.63) is 59.7 Å². The molecule has 2 aromatic carbocycles. The summed E-state index contributed by atoms with van der Waals surface area (Å²) < 4.78 is 23.5. The lowest BCUT2D eigenvalue weighted by Crippen LogP contribution is -2.34. The van der Waals surface area contributed by atoms with Crippen molar-refractivity contribution in [2.45, 2.75) is 30.7 Å². The first-order valence-corrected chi connectivity index (χ1v) is 10.2. The van der Waals surface area contributed by atoms with Crippen molar-refractivity contribution in [2.24, 2.45) is 0 Å². The van der Waals surface area contributed by atoms with Gasteiger partial charge in [-0.25, -0.2) is 13.2 Å². The van der Waals surface area contributed by atoms with E-state index in [-0.39, 0.29) is 17.0 Å². The van der Waals surface area contributed by atoms with E-state index in [0.717, 1.165) is 30.2 Å². The largest absolute Gasteiger partial charge is 0.322 e. The van der Waals surface area contributed by atoms with Crippen LogP contribution in [0.25, 0.3) is 0 Å². The molecular formula is C19H22N2O3S. The Hall–Kier alpha value is -2.34. The molecule has 1 saturated heterocycles. The van der Waals surface area contributed by atoms with E-state index in [1.807, 2.05) is 42.2 Å². The van der Waals surface area contributed by atoms with Gasteiger partial charge in [0.2, 0.25) is 0 Å². The van der Waals surface area contributed by atoms with Gasteiger partial charge in [-0.1, -0.05) is 36.4 Å². The van der Waals surface area contributed by atoms with Crippen molar-refractivity contribution < 1.29 is 13.2 Å². The Morgan fingerprint density at radius 2 is 1.88 bits per heavy atom. The van der Waals surface area contributed by atoms with Gasteiger partial charge < -0.3 is 10.2 Å². The number of carbonyl (C=O) groups excluding carboxylic acids is 1. The SMILES string of the molecule is Cc1ccc(S(C)(=O)=O)cc1NC(=O)N1CCC[C@@H]1c1ccccc1. The number of amides is 2. The fraction of sp³-hybridized carbons (Fsp3) is 0.316. The zero-order chi connectivity index (χ0) is 18.0. The van der Waals surface area contributed by atoms with E-state index in [1.54, 1.807) is 12.1 Å². The molecule has 1 aliphatic heterocycles. The molecule has 1 fully saturated rings. The number of aryl methyl sites for hydroxylation is 1. The van der Waals surface area contributed by atoms with Gasteiger partial charge in [0.1, 0.15) is 0 Å². The summed E-state index contributed by atoms with van der Waals surface area (Å²) in [7, 11) is -3.32. The van der Waals surface area contributed by atoms with Gasteiger partial charge in [0.05, 0.1) is 10.9 Å². The van der Waals surface area contributed by atoms with Crippen LogP contribution < -0.4 is 5.32 Å². The van der Waals surface area contributed by atoms with Crippen molar-refractivity contribution in [1.29, 1.82) is 0 Å². The Bertz CT molecular complexity index is 879. The summed E-state index contributed by atoms with van der Waals surface area (Å²) in [6, 6.07) is 14.6. The highest BCUT2D eigenvalue weighted by Crippen LogP contribution is 2.32. The molecule has 2 aromatic rings. The summed E-state index contributed by atoms with van der Waals surface area (Å²) in [5.74, 6) is 0. The number of urea groups is 1. The van der Waals surface area contributed by atoms with E-state index in [9.17, 15) is 13.2 Å². The Balaban J connectivity index is 1.82. The summed E-state index contributed by atoms with van der Waals surface area (Å²) >= 11 is 0. The van der Waals surface area contributed by atoms with E-state index in [1.165, 1.54) is 6.07 Å². The number of hydrogen-bond acceptors (Lipinski definition) is 3. The van der Waals surface area contributed by atoms with Gasteiger partial charge in [0.15, 0.2) is 9.84 Å².